The Morgan fingerprint density at radius 2 is 2.03 bits per heavy atom. The van der Waals surface area contributed by atoms with Gasteiger partial charge in [0.15, 0.2) is 17.7 Å². The Morgan fingerprint density at radius 1 is 1.29 bits per heavy atom. The quantitative estimate of drug-likeness (QED) is 0.422. The molecule has 11 heteroatoms. The van der Waals surface area contributed by atoms with Crippen LogP contribution in [0.15, 0.2) is 24.5 Å². The average molecular weight is 439 g/mol. The molecule has 1 aliphatic carbocycles. The van der Waals surface area contributed by atoms with Crippen molar-refractivity contribution in [3.63, 3.8) is 0 Å². The molecular formula is C20H21F4N5O2. The van der Waals surface area contributed by atoms with Crippen molar-refractivity contribution in [1.82, 2.24) is 9.97 Å². The van der Waals surface area contributed by atoms with Gasteiger partial charge in [0.05, 0.1) is 24.6 Å². The van der Waals surface area contributed by atoms with E-state index in [0.29, 0.717) is 0 Å². The molecule has 1 saturated carbocycles. The van der Waals surface area contributed by atoms with E-state index in [1.807, 2.05) is 6.92 Å². The number of benzene rings is 1. The van der Waals surface area contributed by atoms with Gasteiger partial charge in [-0.3, -0.25) is 5.41 Å². The number of anilines is 2. The van der Waals surface area contributed by atoms with Crippen molar-refractivity contribution in [1.29, 1.82) is 5.41 Å². The second-order valence-electron chi connectivity index (χ2n) is 7.91. The fourth-order valence-electron chi connectivity index (χ4n) is 3.26. The van der Waals surface area contributed by atoms with Gasteiger partial charge in [0.1, 0.15) is 17.7 Å². The molecule has 2 fully saturated rings. The maximum atomic E-state index is 14.3. The Labute approximate surface area is 175 Å². The lowest BCUT2D eigenvalue weighted by Crippen LogP contribution is -2.49. The van der Waals surface area contributed by atoms with Crippen molar-refractivity contribution in [3.8, 4) is 5.75 Å². The van der Waals surface area contributed by atoms with E-state index in [0.717, 1.165) is 18.9 Å². The third-order valence-corrected chi connectivity index (χ3v) is 5.35. The number of morpholine rings is 1. The molecule has 1 aromatic heterocycles. The lowest BCUT2D eigenvalue weighted by Gasteiger charge is -2.34. The molecule has 2 aliphatic rings. The molecule has 1 atom stereocenters. The molecule has 1 aromatic carbocycles. The van der Waals surface area contributed by atoms with Gasteiger partial charge in [-0.15, -0.1) is 0 Å². The van der Waals surface area contributed by atoms with Gasteiger partial charge < -0.3 is 20.1 Å². The summed E-state index contributed by atoms with van der Waals surface area (Å²) in [5, 5.41) is 8.50. The van der Waals surface area contributed by atoms with E-state index in [1.165, 1.54) is 23.4 Å². The fourth-order valence-corrected chi connectivity index (χ4v) is 3.26. The monoisotopic (exact) mass is 439 g/mol. The van der Waals surface area contributed by atoms with Gasteiger partial charge in [0, 0.05) is 29.9 Å². The molecule has 1 unspecified atom stereocenters. The van der Waals surface area contributed by atoms with E-state index in [9.17, 15) is 17.6 Å². The van der Waals surface area contributed by atoms with E-state index in [4.69, 9.17) is 20.6 Å². The summed E-state index contributed by atoms with van der Waals surface area (Å²) in [6.07, 6.45) is -3.64. The standard InChI is InChI=1S/C20H21F4N5O2/c1-19(2-3-19)31-15-6-11(13(25)7-12(15)21)18(26)14-8-17(28-10-27-14)29-4-5-30-16(9-29)20(22,23)24/h6-8,10,16,26H,2-5,9,25H2,1H3. The van der Waals surface area contributed by atoms with Crippen LogP contribution in [0, 0.1) is 11.2 Å². The molecule has 166 valence electrons. The SMILES string of the molecule is CC1(Oc2cc(C(=N)c3cc(N4CCOC(C(F)(F)F)C4)ncn3)c(N)cc2F)CC1. The third-order valence-electron chi connectivity index (χ3n) is 5.35. The lowest BCUT2D eigenvalue weighted by atomic mass is 10.0. The maximum Gasteiger partial charge on any atom is 0.416 e. The van der Waals surface area contributed by atoms with Crippen LogP contribution < -0.4 is 15.4 Å². The van der Waals surface area contributed by atoms with Crippen LogP contribution in [0.25, 0.3) is 0 Å². The zero-order valence-electron chi connectivity index (χ0n) is 16.7. The summed E-state index contributed by atoms with van der Waals surface area (Å²) >= 11 is 0. The summed E-state index contributed by atoms with van der Waals surface area (Å²) in [6.45, 7) is 1.56. The number of aromatic nitrogens is 2. The minimum absolute atomic E-state index is 0.00979. The number of rotatable bonds is 5. The van der Waals surface area contributed by atoms with E-state index >= 15 is 0 Å². The zero-order chi connectivity index (χ0) is 22.4. The van der Waals surface area contributed by atoms with E-state index in [2.05, 4.69) is 9.97 Å². The highest BCUT2D eigenvalue weighted by molar-refractivity contribution is 6.13. The van der Waals surface area contributed by atoms with Gasteiger partial charge in [0.25, 0.3) is 0 Å². The molecule has 3 N–H and O–H groups in total. The van der Waals surface area contributed by atoms with Crippen LogP contribution in [-0.4, -0.2) is 53.3 Å². The molecule has 0 radical (unpaired) electrons. The molecule has 1 saturated heterocycles. The van der Waals surface area contributed by atoms with Crippen molar-refractivity contribution in [2.45, 2.75) is 37.6 Å². The van der Waals surface area contributed by atoms with Crippen molar-refractivity contribution in [2.24, 2.45) is 0 Å². The summed E-state index contributed by atoms with van der Waals surface area (Å²) in [6, 6.07) is 3.85. The highest BCUT2D eigenvalue weighted by Crippen LogP contribution is 2.41. The van der Waals surface area contributed by atoms with Crippen molar-refractivity contribution in [2.75, 3.05) is 30.3 Å². The number of nitrogens with two attached hydrogens (primary N) is 1. The van der Waals surface area contributed by atoms with Gasteiger partial charge in [-0.05, 0) is 25.8 Å². The Bertz CT molecular complexity index is 1010. The predicted molar refractivity (Wildman–Crippen MR) is 105 cm³/mol. The van der Waals surface area contributed by atoms with Gasteiger partial charge in [-0.1, -0.05) is 0 Å². The molecule has 0 bridgehead atoms. The van der Waals surface area contributed by atoms with Crippen molar-refractivity contribution < 1.29 is 27.0 Å². The van der Waals surface area contributed by atoms with Crippen molar-refractivity contribution >= 4 is 17.2 Å². The number of halogens is 4. The number of ether oxygens (including phenoxy) is 2. The molecule has 1 aliphatic heterocycles. The first-order valence-corrected chi connectivity index (χ1v) is 9.68. The molecular weight excluding hydrogens is 418 g/mol. The van der Waals surface area contributed by atoms with Crippen LogP contribution in [0.3, 0.4) is 0 Å². The molecule has 4 rings (SSSR count). The Balaban J connectivity index is 1.59. The van der Waals surface area contributed by atoms with Crippen LogP contribution in [0.5, 0.6) is 5.75 Å². The summed E-state index contributed by atoms with van der Waals surface area (Å²) in [5.41, 5.74) is 5.76. The predicted octanol–water partition coefficient (Wildman–Crippen LogP) is 3.31. The second kappa shape index (κ2) is 7.63. The van der Waals surface area contributed by atoms with Crippen LogP contribution in [0.2, 0.25) is 0 Å². The lowest BCUT2D eigenvalue weighted by molar-refractivity contribution is -0.221. The molecule has 0 spiro atoms. The number of hydrogen-bond acceptors (Lipinski definition) is 7. The smallest absolute Gasteiger partial charge is 0.416 e. The van der Waals surface area contributed by atoms with Gasteiger partial charge in [0.2, 0.25) is 0 Å². The van der Waals surface area contributed by atoms with E-state index in [-0.39, 0.29) is 47.4 Å². The summed E-state index contributed by atoms with van der Waals surface area (Å²) in [4.78, 5) is 9.53. The first-order chi connectivity index (χ1) is 14.6. The highest BCUT2D eigenvalue weighted by atomic mass is 19.4. The average Bonchev–Trinajstić information content (AvgIpc) is 3.46. The summed E-state index contributed by atoms with van der Waals surface area (Å²) < 4.78 is 63.9. The minimum atomic E-state index is -4.49. The molecule has 2 heterocycles. The largest absolute Gasteiger partial charge is 0.484 e. The molecule has 7 nitrogen and oxygen atoms in total. The Hall–Kier alpha value is -2.95. The second-order valence-corrected chi connectivity index (χ2v) is 7.91. The number of alkyl halides is 3. The van der Waals surface area contributed by atoms with Crippen molar-refractivity contribution in [3.05, 3.63) is 41.6 Å². The fraction of sp³-hybridized carbons (Fsp3) is 0.450. The normalized spacial score (nSPS) is 20.4. The first-order valence-electron chi connectivity index (χ1n) is 9.68. The van der Waals surface area contributed by atoms with Crippen LogP contribution in [0.4, 0.5) is 29.1 Å². The van der Waals surface area contributed by atoms with E-state index in [1.54, 1.807) is 0 Å². The Kier molecular flexibility index (Phi) is 5.24. The van der Waals surface area contributed by atoms with Gasteiger partial charge >= 0.3 is 6.18 Å². The first kappa shape index (κ1) is 21.3. The maximum absolute atomic E-state index is 14.3. The van der Waals surface area contributed by atoms with Gasteiger partial charge in [-0.2, -0.15) is 13.2 Å². The van der Waals surface area contributed by atoms with Crippen LogP contribution >= 0.6 is 0 Å². The molecule has 0 amide bonds. The van der Waals surface area contributed by atoms with E-state index < -0.39 is 30.2 Å². The number of hydrogen-bond donors (Lipinski definition) is 2. The zero-order valence-corrected chi connectivity index (χ0v) is 16.7. The Morgan fingerprint density at radius 3 is 2.71 bits per heavy atom. The molecule has 31 heavy (non-hydrogen) atoms. The number of nitrogens with one attached hydrogen (secondary N) is 1. The topological polar surface area (TPSA) is 97.3 Å². The van der Waals surface area contributed by atoms with Crippen LogP contribution in [0.1, 0.15) is 31.0 Å². The molecule has 2 aromatic rings. The van der Waals surface area contributed by atoms with Gasteiger partial charge in [-0.25, -0.2) is 14.4 Å². The number of nitrogens with zero attached hydrogens (tertiary/aromatic N) is 3. The minimum Gasteiger partial charge on any atom is -0.484 e. The summed E-state index contributed by atoms with van der Waals surface area (Å²) in [7, 11) is 0. The number of nitrogen functional groups attached to an aromatic ring is 1. The highest BCUT2D eigenvalue weighted by Gasteiger charge is 2.44. The van der Waals surface area contributed by atoms with Crippen LogP contribution in [-0.2, 0) is 4.74 Å². The third kappa shape index (κ3) is 4.55. The summed E-state index contributed by atoms with van der Waals surface area (Å²) in [5.74, 6) is -0.406.